The molecule has 0 fully saturated rings. The zero-order valence-electron chi connectivity index (χ0n) is 17.2. The first kappa shape index (κ1) is 21.6. The molecule has 0 saturated carbocycles. The van der Waals surface area contributed by atoms with Gasteiger partial charge in [-0.05, 0) is 36.2 Å². The number of aliphatic imine (C=N–C) groups is 2. The summed E-state index contributed by atoms with van der Waals surface area (Å²) in [7, 11) is 0. The number of benzene rings is 2. The Kier molecular flexibility index (Phi) is 6.73. The van der Waals surface area contributed by atoms with Crippen molar-refractivity contribution in [3.63, 3.8) is 0 Å². The first-order chi connectivity index (χ1) is 15.1. The van der Waals surface area contributed by atoms with E-state index >= 15 is 0 Å². The van der Waals surface area contributed by atoms with Crippen molar-refractivity contribution in [2.45, 2.75) is 38.0 Å². The van der Waals surface area contributed by atoms with Crippen LogP contribution in [-0.2, 0) is 15.3 Å². The smallest absolute Gasteiger partial charge is 0.259 e. The van der Waals surface area contributed by atoms with Gasteiger partial charge in [-0.25, -0.2) is 9.89 Å². The molecule has 1 N–H and O–H groups in total. The maximum Gasteiger partial charge on any atom is 0.259 e. The molecule has 0 radical (unpaired) electrons. The number of nitrogens with zero attached hydrogens (tertiary/aromatic N) is 3. The van der Waals surface area contributed by atoms with E-state index in [0.29, 0.717) is 28.3 Å². The second-order valence-corrected chi connectivity index (χ2v) is 8.76. The van der Waals surface area contributed by atoms with E-state index in [2.05, 4.69) is 17.2 Å². The minimum absolute atomic E-state index is 0.0415. The lowest BCUT2D eigenvalue weighted by Crippen LogP contribution is -2.42. The van der Waals surface area contributed by atoms with Gasteiger partial charge in [0.1, 0.15) is 11.9 Å². The van der Waals surface area contributed by atoms with Crippen molar-refractivity contribution in [1.82, 2.24) is 10.2 Å². The molecule has 0 aromatic heterocycles. The SMILES string of the molecule is CCCCNC(=O)CC1N=C2c3ccccc3N=C(SCc3ccc(Cl)cc3)N2C1=O. The van der Waals surface area contributed by atoms with E-state index in [1.165, 1.54) is 11.8 Å². The highest BCUT2D eigenvalue weighted by Gasteiger charge is 2.41. The van der Waals surface area contributed by atoms with Crippen LogP contribution in [0.25, 0.3) is 0 Å². The molecule has 0 spiro atoms. The molecule has 2 aliphatic rings. The Hall–Kier alpha value is -2.64. The van der Waals surface area contributed by atoms with Gasteiger partial charge in [0.2, 0.25) is 5.91 Å². The molecule has 1 atom stereocenters. The Morgan fingerprint density at radius 3 is 2.74 bits per heavy atom. The number of halogens is 1. The normalized spacial score (nSPS) is 17.0. The van der Waals surface area contributed by atoms with Crippen LogP contribution < -0.4 is 5.32 Å². The minimum atomic E-state index is -0.732. The van der Waals surface area contributed by atoms with Crippen LogP contribution in [0.1, 0.15) is 37.3 Å². The third-order valence-corrected chi connectivity index (χ3v) is 6.32. The van der Waals surface area contributed by atoms with Crippen LogP contribution in [0.3, 0.4) is 0 Å². The van der Waals surface area contributed by atoms with Crippen molar-refractivity contribution in [1.29, 1.82) is 0 Å². The highest BCUT2D eigenvalue weighted by atomic mass is 35.5. The number of hydrogen-bond donors (Lipinski definition) is 1. The average molecular weight is 455 g/mol. The summed E-state index contributed by atoms with van der Waals surface area (Å²) in [5.74, 6) is 0.840. The summed E-state index contributed by atoms with van der Waals surface area (Å²) in [5.41, 5.74) is 2.66. The number of thioether (sulfide) groups is 1. The van der Waals surface area contributed by atoms with Crippen LogP contribution in [0, 0.1) is 0 Å². The van der Waals surface area contributed by atoms with E-state index in [4.69, 9.17) is 16.6 Å². The highest BCUT2D eigenvalue weighted by molar-refractivity contribution is 8.13. The molecule has 6 nitrogen and oxygen atoms in total. The van der Waals surface area contributed by atoms with Crippen LogP contribution in [0.5, 0.6) is 0 Å². The second-order valence-electron chi connectivity index (χ2n) is 7.38. The molecule has 2 aliphatic heterocycles. The Balaban J connectivity index is 1.55. The number of rotatable bonds is 7. The minimum Gasteiger partial charge on any atom is -0.356 e. The maximum atomic E-state index is 13.2. The standard InChI is InChI=1S/C23H23ClN4O2S/c1-2-3-12-25-20(29)13-19-22(30)28-21(26-19)17-6-4-5-7-18(17)27-23(28)31-14-15-8-10-16(24)11-9-15/h4-11,19H,2-3,12-14H2,1H3,(H,25,29). The van der Waals surface area contributed by atoms with E-state index in [0.717, 1.165) is 29.7 Å². The summed E-state index contributed by atoms with van der Waals surface area (Å²) in [5, 5.41) is 4.13. The molecule has 2 aromatic rings. The van der Waals surface area contributed by atoms with Gasteiger partial charge in [0, 0.05) is 22.9 Å². The zero-order chi connectivity index (χ0) is 21.8. The van der Waals surface area contributed by atoms with Crippen molar-refractivity contribution in [2.24, 2.45) is 9.98 Å². The lowest BCUT2D eigenvalue weighted by atomic mass is 10.1. The lowest BCUT2D eigenvalue weighted by Gasteiger charge is -2.25. The van der Waals surface area contributed by atoms with Crippen LogP contribution in [0.4, 0.5) is 5.69 Å². The molecule has 0 aliphatic carbocycles. The molecule has 0 bridgehead atoms. The fourth-order valence-electron chi connectivity index (χ4n) is 3.41. The van der Waals surface area contributed by atoms with Crippen LogP contribution in [0.2, 0.25) is 5.02 Å². The van der Waals surface area contributed by atoms with E-state index in [1.54, 1.807) is 4.90 Å². The molecule has 2 amide bonds. The van der Waals surface area contributed by atoms with Gasteiger partial charge in [-0.1, -0.05) is 61.0 Å². The highest BCUT2D eigenvalue weighted by Crippen LogP contribution is 2.34. The van der Waals surface area contributed by atoms with Crippen molar-refractivity contribution < 1.29 is 9.59 Å². The van der Waals surface area contributed by atoms with Crippen LogP contribution in [0.15, 0.2) is 58.5 Å². The molecule has 4 rings (SSSR count). The zero-order valence-corrected chi connectivity index (χ0v) is 18.7. The van der Waals surface area contributed by atoms with Gasteiger partial charge in [0.25, 0.3) is 5.91 Å². The van der Waals surface area contributed by atoms with Crippen LogP contribution in [-0.4, -0.2) is 40.3 Å². The average Bonchev–Trinajstić information content (AvgIpc) is 3.10. The summed E-state index contributed by atoms with van der Waals surface area (Å²) in [6.45, 7) is 2.68. The summed E-state index contributed by atoms with van der Waals surface area (Å²) >= 11 is 7.44. The third kappa shape index (κ3) is 4.83. The number of amides is 2. The number of carbonyl (C=O) groups excluding carboxylic acids is 2. The molecule has 2 aromatic carbocycles. The largest absolute Gasteiger partial charge is 0.356 e. The Morgan fingerprint density at radius 2 is 1.97 bits per heavy atom. The molecular formula is C23H23ClN4O2S. The first-order valence-corrected chi connectivity index (χ1v) is 11.7. The van der Waals surface area contributed by atoms with Gasteiger partial charge in [0.15, 0.2) is 5.17 Å². The Morgan fingerprint density at radius 1 is 1.19 bits per heavy atom. The van der Waals surface area contributed by atoms with Crippen molar-refractivity contribution >= 4 is 51.9 Å². The maximum absolute atomic E-state index is 13.2. The summed E-state index contributed by atoms with van der Waals surface area (Å²) in [6, 6.07) is 14.5. The van der Waals surface area contributed by atoms with E-state index in [9.17, 15) is 9.59 Å². The number of hydrogen-bond acceptors (Lipinski definition) is 5. The van der Waals surface area contributed by atoms with E-state index in [1.807, 2.05) is 48.5 Å². The van der Waals surface area contributed by atoms with Gasteiger partial charge in [-0.15, -0.1) is 0 Å². The number of nitrogens with one attached hydrogen (secondary N) is 1. The third-order valence-electron chi connectivity index (χ3n) is 5.06. The fraction of sp³-hybridized carbons (Fsp3) is 0.304. The van der Waals surface area contributed by atoms with Gasteiger partial charge in [-0.3, -0.25) is 14.6 Å². The molecule has 160 valence electrons. The number of unbranched alkanes of at least 4 members (excludes halogenated alkanes) is 1. The number of carbonyl (C=O) groups is 2. The monoisotopic (exact) mass is 454 g/mol. The quantitative estimate of drug-likeness (QED) is 0.624. The predicted molar refractivity (Wildman–Crippen MR) is 126 cm³/mol. The Bertz CT molecular complexity index is 1050. The summed E-state index contributed by atoms with van der Waals surface area (Å²) < 4.78 is 0. The van der Waals surface area contributed by atoms with Crippen molar-refractivity contribution in [3.8, 4) is 0 Å². The molecule has 8 heteroatoms. The van der Waals surface area contributed by atoms with Crippen molar-refractivity contribution in [2.75, 3.05) is 6.54 Å². The topological polar surface area (TPSA) is 74.1 Å². The molecule has 2 heterocycles. The van der Waals surface area contributed by atoms with E-state index < -0.39 is 6.04 Å². The number of amidine groups is 2. The van der Waals surface area contributed by atoms with Gasteiger partial charge < -0.3 is 5.32 Å². The lowest BCUT2D eigenvalue weighted by molar-refractivity contribution is -0.128. The molecule has 1 unspecified atom stereocenters. The van der Waals surface area contributed by atoms with E-state index in [-0.39, 0.29) is 18.2 Å². The predicted octanol–water partition coefficient (Wildman–Crippen LogP) is 4.54. The fourth-order valence-corrected chi connectivity index (χ4v) is 4.50. The summed E-state index contributed by atoms with van der Waals surface area (Å²) in [6.07, 6.45) is 1.95. The number of para-hydroxylation sites is 1. The van der Waals surface area contributed by atoms with Gasteiger partial charge >= 0.3 is 0 Å². The van der Waals surface area contributed by atoms with Crippen LogP contribution >= 0.6 is 23.4 Å². The number of fused-ring (bicyclic) bond motifs is 3. The summed E-state index contributed by atoms with van der Waals surface area (Å²) in [4.78, 5) is 36.4. The molecule has 0 saturated heterocycles. The second kappa shape index (κ2) is 9.66. The molecule has 31 heavy (non-hydrogen) atoms. The van der Waals surface area contributed by atoms with Crippen molar-refractivity contribution in [3.05, 3.63) is 64.7 Å². The van der Waals surface area contributed by atoms with Gasteiger partial charge in [0.05, 0.1) is 12.1 Å². The Labute approximate surface area is 190 Å². The molecular weight excluding hydrogens is 432 g/mol. The van der Waals surface area contributed by atoms with Gasteiger partial charge in [-0.2, -0.15) is 0 Å². The first-order valence-electron chi connectivity index (χ1n) is 10.3.